The molecule has 2 heterocycles. The third-order valence-corrected chi connectivity index (χ3v) is 3.89. The number of ether oxygens (including phenoxy) is 1. The normalized spacial score (nSPS) is 19.5. The maximum atomic E-state index is 13.9. The summed E-state index contributed by atoms with van der Waals surface area (Å²) in [5.41, 5.74) is 1.32. The van der Waals surface area contributed by atoms with Gasteiger partial charge < -0.3 is 10.1 Å². The van der Waals surface area contributed by atoms with Gasteiger partial charge >= 0.3 is 0 Å². The number of piperidine rings is 1. The number of nitrogens with one attached hydrogen (secondary N) is 1. The van der Waals surface area contributed by atoms with Crippen LogP contribution >= 0.6 is 11.6 Å². The average Bonchev–Trinajstić information content (AvgIpc) is 2.57. The van der Waals surface area contributed by atoms with Gasteiger partial charge in [0.1, 0.15) is 11.8 Å². The van der Waals surface area contributed by atoms with Crippen LogP contribution in [0.5, 0.6) is 5.75 Å². The molecule has 3 rings (SSSR count). The second kappa shape index (κ2) is 6.67. The molecule has 0 bridgehead atoms. The van der Waals surface area contributed by atoms with Crippen LogP contribution in [0.15, 0.2) is 30.5 Å². The van der Waals surface area contributed by atoms with Gasteiger partial charge in [0.2, 0.25) is 5.28 Å². The quantitative estimate of drug-likeness (QED) is 0.861. The van der Waals surface area contributed by atoms with Gasteiger partial charge in [0.25, 0.3) is 5.92 Å². The molecule has 1 saturated heterocycles. The van der Waals surface area contributed by atoms with Crippen LogP contribution in [-0.4, -0.2) is 35.1 Å². The lowest BCUT2D eigenvalue weighted by molar-refractivity contribution is -0.109. The van der Waals surface area contributed by atoms with Gasteiger partial charge in [0.15, 0.2) is 6.10 Å². The van der Waals surface area contributed by atoms with Crippen LogP contribution in [-0.2, 0) is 0 Å². The summed E-state index contributed by atoms with van der Waals surface area (Å²) in [6.45, 7) is 0.0106. The fourth-order valence-corrected chi connectivity index (χ4v) is 2.63. The van der Waals surface area contributed by atoms with Crippen molar-refractivity contribution in [3.05, 3.63) is 41.3 Å². The molecule has 8 heteroatoms. The minimum absolute atomic E-state index is 0.0840. The average molecular weight is 351 g/mol. The summed E-state index contributed by atoms with van der Waals surface area (Å²) in [6, 6.07) is 8.30. The SMILES string of the molecule is N#Cc1cc(-c2ccnc(Cl)n2)ccc1OC1CCNCC1(F)F. The molecule has 0 radical (unpaired) electrons. The molecule has 5 nitrogen and oxygen atoms in total. The first-order chi connectivity index (χ1) is 11.5. The number of hydrogen-bond donors (Lipinski definition) is 1. The van der Waals surface area contributed by atoms with Crippen LogP contribution in [0.4, 0.5) is 8.78 Å². The minimum Gasteiger partial charge on any atom is -0.483 e. The van der Waals surface area contributed by atoms with Crippen molar-refractivity contribution in [1.29, 1.82) is 5.26 Å². The summed E-state index contributed by atoms with van der Waals surface area (Å²) in [4.78, 5) is 7.86. The Morgan fingerprint density at radius 2 is 2.21 bits per heavy atom. The van der Waals surface area contributed by atoms with E-state index in [1.54, 1.807) is 12.1 Å². The van der Waals surface area contributed by atoms with Crippen LogP contribution in [0.25, 0.3) is 11.3 Å². The van der Waals surface area contributed by atoms with E-state index in [1.807, 2.05) is 6.07 Å². The molecular formula is C16H13ClF2N4O. The first-order valence-electron chi connectivity index (χ1n) is 7.28. The van der Waals surface area contributed by atoms with Gasteiger partial charge in [0.05, 0.1) is 17.8 Å². The van der Waals surface area contributed by atoms with Crippen LogP contribution in [0.3, 0.4) is 0 Å². The number of nitriles is 1. The Bertz CT molecular complexity index is 794. The fourth-order valence-electron chi connectivity index (χ4n) is 2.49. The van der Waals surface area contributed by atoms with Crippen molar-refractivity contribution >= 4 is 11.6 Å². The molecule has 0 spiro atoms. The van der Waals surface area contributed by atoms with Gasteiger partial charge in [0, 0.05) is 18.2 Å². The first-order valence-corrected chi connectivity index (χ1v) is 7.65. The summed E-state index contributed by atoms with van der Waals surface area (Å²) >= 11 is 5.76. The second-order valence-corrected chi connectivity index (χ2v) is 5.70. The fraction of sp³-hybridized carbons (Fsp3) is 0.312. The van der Waals surface area contributed by atoms with Gasteiger partial charge in [-0.1, -0.05) is 0 Å². The molecule has 0 saturated carbocycles. The van der Waals surface area contributed by atoms with Crippen molar-refractivity contribution in [1.82, 2.24) is 15.3 Å². The molecule has 1 aromatic heterocycles. The van der Waals surface area contributed by atoms with E-state index in [9.17, 15) is 14.0 Å². The number of benzene rings is 1. The van der Waals surface area contributed by atoms with Crippen LogP contribution < -0.4 is 10.1 Å². The summed E-state index contributed by atoms with van der Waals surface area (Å²) in [6.07, 6.45) is 0.405. The van der Waals surface area contributed by atoms with E-state index >= 15 is 0 Å². The van der Waals surface area contributed by atoms with E-state index in [4.69, 9.17) is 16.3 Å². The number of nitrogens with zero attached hydrogens (tertiary/aromatic N) is 3. The predicted octanol–water partition coefficient (Wildman–Crippen LogP) is 3.04. The van der Waals surface area contributed by atoms with E-state index in [-0.39, 0.29) is 23.0 Å². The highest BCUT2D eigenvalue weighted by molar-refractivity contribution is 6.28. The Balaban J connectivity index is 1.89. The van der Waals surface area contributed by atoms with Crippen LogP contribution in [0, 0.1) is 11.3 Å². The number of alkyl halides is 2. The second-order valence-electron chi connectivity index (χ2n) is 5.37. The highest BCUT2D eigenvalue weighted by Crippen LogP contribution is 2.31. The number of aromatic nitrogens is 2. The maximum absolute atomic E-state index is 13.9. The lowest BCUT2D eigenvalue weighted by Crippen LogP contribution is -2.52. The third-order valence-electron chi connectivity index (χ3n) is 3.71. The standard InChI is InChI=1S/C16H13ClF2N4O/c17-15-22-6-3-12(23-15)10-1-2-13(11(7-10)8-20)24-14-4-5-21-9-16(14,18)19/h1-3,6-7,14,21H,4-5,9H2. The Morgan fingerprint density at radius 1 is 1.38 bits per heavy atom. The summed E-state index contributed by atoms with van der Waals surface area (Å²) in [5.74, 6) is -2.85. The summed E-state index contributed by atoms with van der Waals surface area (Å²) < 4.78 is 33.2. The number of halogens is 3. The molecule has 0 aliphatic carbocycles. The third kappa shape index (κ3) is 3.45. The molecule has 1 atom stereocenters. The Labute approximate surface area is 142 Å². The highest BCUT2D eigenvalue weighted by atomic mass is 35.5. The van der Waals surface area contributed by atoms with Crippen molar-refractivity contribution in [2.24, 2.45) is 0 Å². The molecule has 124 valence electrons. The van der Waals surface area contributed by atoms with Gasteiger partial charge in [-0.2, -0.15) is 5.26 Å². The van der Waals surface area contributed by atoms with Gasteiger partial charge in [-0.15, -0.1) is 0 Å². The highest BCUT2D eigenvalue weighted by Gasteiger charge is 2.43. The van der Waals surface area contributed by atoms with Gasteiger partial charge in [-0.05, 0) is 42.4 Å². The monoisotopic (exact) mass is 350 g/mol. The molecule has 24 heavy (non-hydrogen) atoms. The molecule has 1 aliphatic heterocycles. The van der Waals surface area contributed by atoms with Crippen molar-refractivity contribution in [2.45, 2.75) is 18.4 Å². The zero-order valence-corrected chi connectivity index (χ0v) is 13.2. The molecule has 1 aliphatic rings. The number of rotatable bonds is 3. The maximum Gasteiger partial charge on any atom is 0.296 e. The predicted molar refractivity (Wildman–Crippen MR) is 84.0 cm³/mol. The van der Waals surface area contributed by atoms with E-state index in [1.165, 1.54) is 18.3 Å². The molecular weight excluding hydrogens is 338 g/mol. The molecule has 1 N–H and O–H groups in total. The van der Waals surface area contributed by atoms with Crippen molar-refractivity contribution < 1.29 is 13.5 Å². The lowest BCUT2D eigenvalue weighted by Gasteiger charge is -2.32. The van der Waals surface area contributed by atoms with Crippen LogP contribution in [0.1, 0.15) is 12.0 Å². The zero-order chi connectivity index (χ0) is 17.2. The van der Waals surface area contributed by atoms with E-state index in [0.717, 1.165) is 0 Å². The molecule has 1 aromatic carbocycles. The first kappa shape index (κ1) is 16.6. The van der Waals surface area contributed by atoms with Gasteiger partial charge in [-0.3, -0.25) is 0 Å². The van der Waals surface area contributed by atoms with Crippen molar-refractivity contribution in [3.8, 4) is 23.1 Å². The molecule has 1 unspecified atom stereocenters. The Kier molecular flexibility index (Phi) is 4.60. The van der Waals surface area contributed by atoms with E-state index in [2.05, 4.69) is 15.3 Å². The van der Waals surface area contributed by atoms with Crippen LogP contribution in [0.2, 0.25) is 5.28 Å². The van der Waals surface area contributed by atoms with Crippen molar-refractivity contribution in [3.63, 3.8) is 0 Å². The Hall–Kier alpha value is -2.30. The molecule has 2 aromatic rings. The number of hydrogen-bond acceptors (Lipinski definition) is 5. The smallest absolute Gasteiger partial charge is 0.296 e. The topological polar surface area (TPSA) is 70.8 Å². The largest absolute Gasteiger partial charge is 0.483 e. The lowest BCUT2D eigenvalue weighted by atomic mass is 10.0. The van der Waals surface area contributed by atoms with E-state index in [0.29, 0.717) is 17.8 Å². The minimum atomic E-state index is -2.98. The zero-order valence-electron chi connectivity index (χ0n) is 12.5. The van der Waals surface area contributed by atoms with Crippen molar-refractivity contribution in [2.75, 3.05) is 13.1 Å². The molecule has 1 fully saturated rings. The van der Waals surface area contributed by atoms with E-state index < -0.39 is 18.6 Å². The summed E-state index contributed by atoms with van der Waals surface area (Å²) in [5, 5.41) is 12.0. The Morgan fingerprint density at radius 3 is 2.92 bits per heavy atom. The van der Waals surface area contributed by atoms with Gasteiger partial charge in [-0.25, -0.2) is 18.7 Å². The molecule has 0 amide bonds. The summed E-state index contributed by atoms with van der Waals surface area (Å²) in [7, 11) is 0.